The van der Waals surface area contributed by atoms with Crippen LogP contribution in [0.15, 0.2) is 24.3 Å². The van der Waals surface area contributed by atoms with E-state index in [-0.39, 0.29) is 5.41 Å². The van der Waals surface area contributed by atoms with Gasteiger partial charge in [0.25, 0.3) is 0 Å². The molecule has 1 aromatic rings. The van der Waals surface area contributed by atoms with E-state index in [1.54, 1.807) is 12.1 Å². The smallest absolute Gasteiger partial charge is 0.423 e. The maximum Gasteiger partial charge on any atom is 0.488 e. The Morgan fingerprint density at radius 3 is 1.93 bits per heavy atom. The molecule has 0 amide bonds. The lowest BCUT2D eigenvalue weighted by Gasteiger charge is -2.18. The molecule has 0 heterocycles. The van der Waals surface area contributed by atoms with E-state index in [0.717, 1.165) is 6.42 Å². The van der Waals surface area contributed by atoms with Gasteiger partial charge in [-0.25, -0.2) is 0 Å². The van der Waals surface area contributed by atoms with E-state index in [9.17, 15) is 0 Å². The Labute approximate surface area is 85.7 Å². The second-order valence-corrected chi connectivity index (χ2v) is 4.85. The van der Waals surface area contributed by atoms with Crippen molar-refractivity contribution < 1.29 is 10.0 Å². The molecular weight excluding hydrogens is 175 g/mol. The molecule has 0 aliphatic heterocycles. The van der Waals surface area contributed by atoms with Crippen molar-refractivity contribution in [1.82, 2.24) is 0 Å². The molecule has 0 fully saturated rings. The van der Waals surface area contributed by atoms with E-state index < -0.39 is 7.12 Å². The summed E-state index contributed by atoms with van der Waals surface area (Å²) in [4.78, 5) is 0. The van der Waals surface area contributed by atoms with Crippen molar-refractivity contribution in [3.05, 3.63) is 29.8 Å². The molecule has 0 radical (unpaired) electrons. The van der Waals surface area contributed by atoms with Crippen LogP contribution in [0.25, 0.3) is 0 Å². The van der Waals surface area contributed by atoms with Crippen LogP contribution in [-0.4, -0.2) is 17.2 Å². The first-order valence-electron chi connectivity index (χ1n) is 4.83. The van der Waals surface area contributed by atoms with Gasteiger partial charge in [0.1, 0.15) is 0 Å². The van der Waals surface area contributed by atoms with Crippen molar-refractivity contribution in [2.75, 3.05) is 0 Å². The van der Waals surface area contributed by atoms with Crippen molar-refractivity contribution in [2.45, 2.75) is 27.2 Å². The van der Waals surface area contributed by atoms with E-state index in [2.05, 4.69) is 20.8 Å². The van der Waals surface area contributed by atoms with Gasteiger partial charge in [-0.3, -0.25) is 0 Å². The summed E-state index contributed by atoms with van der Waals surface area (Å²) in [5.74, 6) is 0. The highest BCUT2D eigenvalue weighted by atomic mass is 16.4. The van der Waals surface area contributed by atoms with E-state index in [1.807, 2.05) is 12.1 Å². The van der Waals surface area contributed by atoms with Crippen LogP contribution in [0.3, 0.4) is 0 Å². The maximum atomic E-state index is 8.90. The van der Waals surface area contributed by atoms with Crippen molar-refractivity contribution in [1.29, 1.82) is 0 Å². The highest BCUT2D eigenvalue weighted by Crippen LogP contribution is 2.19. The summed E-state index contributed by atoms with van der Waals surface area (Å²) in [5.41, 5.74) is 2.03. The fraction of sp³-hybridized carbons (Fsp3) is 0.455. The first-order chi connectivity index (χ1) is 6.38. The molecule has 0 aromatic heterocycles. The van der Waals surface area contributed by atoms with Gasteiger partial charge in [0, 0.05) is 0 Å². The zero-order chi connectivity index (χ0) is 10.8. The second kappa shape index (κ2) is 4.15. The largest absolute Gasteiger partial charge is 0.488 e. The molecule has 0 aliphatic carbocycles. The highest BCUT2D eigenvalue weighted by Gasteiger charge is 2.13. The zero-order valence-corrected chi connectivity index (χ0v) is 8.99. The van der Waals surface area contributed by atoms with Gasteiger partial charge in [-0.2, -0.15) is 0 Å². The third-order valence-corrected chi connectivity index (χ3v) is 2.01. The van der Waals surface area contributed by atoms with Gasteiger partial charge < -0.3 is 10.0 Å². The summed E-state index contributed by atoms with van der Waals surface area (Å²) in [6.07, 6.45) is 0.995. The monoisotopic (exact) mass is 192 g/mol. The number of hydrogen-bond acceptors (Lipinski definition) is 2. The normalized spacial score (nSPS) is 11.5. The summed E-state index contributed by atoms with van der Waals surface area (Å²) >= 11 is 0. The van der Waals surface area contributed by atoms with Crippen LogP contribution in [0.1, 0.15) is 26.3 Å². The zero-order valence-electron chi connectivity index (χ0n) is 8.99. The lowest BCUT2D eigenvalue weighted by molar-refractivity contribution is 0.411. The molecule has 0 atom stereocenters. The third-order valence-electron chi connectivity index (χ3n) is 2.01. The Hall–Kier alpha value is -0.795. The molecule has 76 valence electrons. The van der Waals surface area contributed by atoms with Crippen molar-refractivity contribution in [3.8, 4) is 0 Å². The molecule has 0 saturated carbocycles. The molecule has 1 rings (SSSR count). The predicted molar refractivity (Wildman–Crippen MR) is 59.4 cm³/mol. The lowest BCUT2D eigenvalue weighted by Crippen LogP contribution is -2.29. The average Bonchev–Trinajstić information content (AvgIpc) is 2.02. The molecule has 3 heteroatoms. The minimum Gasteiger partial charge on any atom is -0.423 e. The minimum absolute atomic E-state index is 0.263. The molecular formula is C11H17BO2. The molecule has 0 bridgehead atoms. The van der Waals surface area contributed by atoms with Crippen molar-refractivity contribution in [2.24, 2.45) is 5.41 Å². The standard InChI is InChI=1S/C11H17BO2/c1-11(2,3)8-9-4-6-10(7-5-9)12(13)14/h4-7,13-14H,8H2,1-3H3. The fourth-order valence-corrected chi connectivity index (χ4v) is 1.42. The molecule has 0 saturated heterocycles. The van der Waals surface area contributed by atoms with Gasteiger partial charge in [-0.15, -0.1) is 0 Å². The Morgan fingerprint density at radius 2 is 1.57 bits per heavy atom. The summed E-state index contributed by atoms with van der Waals surface area (Å²) < 4.78 is 0. The van der Waals surface area contributed by atoms with Crippen molar-refractivity contribution >= 4 is 12.6 Å². The quantitative estimate of drug-likeness (QED) is 0.685. The van der Waals surface area contributed by atoms with E-state index >= 15 is 0 Å². The first-order valence-corrected chi connectivity index (χ1v) is 4.83. The number of hydrogen-bond donors (Lipinski definition) is 2. The first kappa shape index (κ1) is 11.3. The third kappa shape index (κ3) is 3.52. The lowest BCUT2D eigenvalue weighted by atomic mass is 9.79. The summed E-state index contributed by atoms with van der Waals surface area (Å²) in [5, 5.41) is 17.8. The molecule has 2 nitrogen and oxygen atoms in total. The Bertz CT molecular complexity index is 285. The molecule has 0 spiro atoms. The number of benzene rings is 1. The van der Waals surface area contributed by atoms with Crippen LogP contribution in [-0.2, 0) is 6.42 Å². The topological polar surface area (TPSA) is 40.5 Å². The summed E-state index contributed by atoms with van der Waals surface area (Å²) in [6.45, 7) is 6.55. The van der Waals surface area contributed by atoms with Crippen LogP contribution in [0.4, 0.5) is 0 Å². The Balaban J connectivity index is 2.74. The van der Waals surface area contributed by atoms with Gasteiger partial charge in [0.05, 0.1) is 0 Å². The van der Waals surface area contributed by atoms with Crippen molar-refractivity contribution in [3.63, 3.8) is 0 Å². The minimum atomic E-state index is -1.36. The fourth-order valence-electron chi connectivity index (χ4n) is 1.42. The highest BCUT2D eigenvalue weighted by molar-refractivity contribution is 6.58. The number of rotatable bonds is 2. The summed E-state index contributed by atoms with van der Waals surface area (Å²) in [7, 11) is -1.36. The molecule has 1 aromatic carbocycles. The van der Waals surface area contributed by atoms with E-state index in [0.29, 0.717) is 5.46 Å². The van der Waals surface area contributed by atoms with Gasteiger partial charge >= 0.3 is 7.12 Å². The Kier molecular flexibility index (Phi) is 3.35. The van der Waals surface area contributed by atoms with Crippen LogP contribution < -0.4 is 5.46 Å². The van der Waals surface area contributed by atoms with E-state index in [4.69, 9.17) is 10.0 Å². The van der Waals surface area contributed by atoms with Gasteiger partial charge in [-0.05, 0) is 22.9 Å². The van der Waals surface area contributed by atoms with Crippen LogP contribution >= 0.6 is 0 Å². The second-order valence-electron chi connectivity index (χ2n) is 4.85. The summed E-state index contributed by atoms with van der Waals surface area (Å²) in [6, 6.07) is 7.40. The molecule has 14 heavy (non-hydrogen) atoms. The van der Waals surface area contributed by atoms with Crippen LogP contribution in [0.5, 0.6) is 0 Å². The maximum absolute atomic E-state index is 8.90. The van der Waals surface area contributed by atoms with Crippen LogP contribution in [0, 0.1) is 5.41 Å². The SMILES string of the molecule is CC(C)(C)Cc1ccc(B(O)O)cc1. The van der Waals surface area contributed by atoms with Crippen LogP contribution in [0.2, 0.25) is 0 Å². The average molecular weight is 192 g/mol. The van der Waals surface area contributed by atoms with Gasteiger partial charge in [0.15, 0.2) is 0 Å². The molecule has 2 N–H and O–H groups in total. The molecule has 0 unspecified atom stereocenters. The molecule has 0 aliphatic rings. The Morgan fingerprint density at radius 1 is 1.07 bits per heavy atom. The van der Waals surface area contributed by atoms with Gasteiger partial charge in [0.2, 0.25) is 0 Å². The van der Waals surface area contributed by atoms with Gasteiger partial charge in [-0.1, -0.05) is 45.0 Å². The predicted octanol–water partition coefficient (Wildman–Crippen LogP) is 0.955. The van der Waals surface area contributed by atoms with E-state index in [1.165, 1.54) is 5.56 Å².